The third kappa shape index (κ3) is 13.0. The molecule has 5 aliphatic rings. The molecule has 4 bridgehead atoms. The Bertz CT molecular complexity index is 2530. The molecule has 412 valence electrons. The number of alkyl carbamates (subject to hydrolysis) is 1. The number of nitrogens with zero attached hydrogens (tertiary/aromatic N) is 4. The number of methoxy groups -OCH3 is 2. The summed E-state index contributed by atoms with van der Waals surface area (Å²) < 4.78 is 28.3. The molecular weight excluding hydrogens is 1040 g/mol. The lowest BCUT2D eigenvalue weighted by atomic mass is 9.83. The number of ether oxygens (including phenoxy) is 5. The van der Waals surface area contributed by atoms with Gasteiger partial charge in [0.15, 0.2) is 5.72 Å². The first-order chi connectivity index (χ1) is 35.1. The summed E-state index contributed by atoms with van der Waals surface area (Å²) in [7, 11) is 5.77. The van der Waals surface area contributed by atoms with Gasteiger partial charge in [-0.2, -0.15) is 0 Å². The summed E-state index contributed by atoms with van der Waals surface area (Å²) in [6.45, 7) is 9.37. The summed E-state index contributed by atoms with van der Waals surface area (Å²) in [5.41, 5.74) is 4.50. The van der Waals surface area contributed by atoms with E-state index in [9.17, 15) is 53.4 Å². The van der Waals surface area contributed by atoms with Gasteiger partial charge in [-0.25, -0.2) is 9.59 Å². The lowest BCUT2D eigenvalue weighted by molar-refractivity contribution is -0.162. The molecule has 5 heterocycles. The Kier molecular flexibility index (Phi) is 18.5. The summed E-state index contributed by atoms with van der Waals surface area (Å²) in [6, 6.07) is 0.995. The predicted molar refractivity (Wildman–Crippen MR) is 276 cm³/mol. The molecule has 1 aromatic rings. The highest BCUT2D eigenvalue weighted by molar-refractivity contribution is 8.02. The van der Waals surface area contributed by atoms with Crippen LogP contribution in [0, 0.1) is 5.92 Å². The van der Waals surface area contributed by atoms with E-state index in [4.69, 9.17) is 41.0 Å². The molecule has 4 saturated heterocycles. The van der Waals surface area contributed by atoms with Crippen molar-refractivity contribution in [3.8, 4) is 5.75 Å². The molecule has 3 unspecified atom stereocenters. The number of allylic oxidation sites excluding steroid dienone is 3. The Balaban J connectivity index is 1.11. The number of imide groups is 2. The van der Waals surface area contributed by atoms with E-state index in [1.165, 1.54) is 45.0 Å². The molecule has 7 amide bonds. The van der Waals surface area contributed by atoms with Crippen molar-refractivity contribution in [3.05, 3.63) is 46.5 Å². The van der Waals surface area contributed by atoms with Gasteiger partial charge in [-0.05, 0) is 58.7 Å². The second-order valence-corrected chi connectivity index (χ2v) is 23.8. The molecule has 0 aromatic heterocycles. The summed E-state index contributed by atoms with van der Waals surface area (Å²) in [5.74, 6) is -5.55. The van der Waals surface area contributed by atoms with Crippen molar-refractivity contribution < 1.29 is 77.0 Å². The molecule has 0 radical (unpaired) electrons. The fourth-order valence-electron chi connectivity index (χ4n) is 9.62. The normalized spacial score (nSPS) is 30.4. The van der Waals surface area contributed by atoms with Gasteiger partial charge in [0.25, 0.3) is 0 Å². The number of anilines is 1. The zero-order valence-corrected chi connectivity index (χ0v) is 46.0. The number of carboxylic acids is 1. The number of halogens is 1. The van der Waals surface area contributed by atoms with Crippen molar-refractivity contribution in [2.75, 3.05) is 52.1 Å². The van der Waals surface area contributed by atoms with Crippen molar-refractivity contribution in [2.24, 2.45) is 11.7 Å². The van der Waals surface area contributed by atoms with E-state index >= 15 is 0 Å². The van der Waals surface area contributed by atoms with E-state index in [1.807, 2.05) is 13.0 Å². The number of rotatable bonds is 16. The Morgan fingerprint density at radius 2 is 1.65 bits per heavy atom. The van der Waals surface area contributed by atoms with E-state index in [0.29, 0.717) is 17.9 Å². The van der Waals surface area contributed by atoms with Crippen molar-refractivity contribution >= 4 is 94.3 Å². The highest BCUT2D eigenvalue weighted by Crippen LogP contribution is 2.49. The van der Waals surface area contributed by atoms with Crippen LogP contribution in [-0.2, 0) is 63.7 Å². The third-order valence-electron chi connectivity index (χ3n) is 14.6. The highest BCUT2D eigenvalue weighted by Gasteiger charge is 2.64. The molecule has 0 aliphatic carbocycles. The number of nitrogens with two attached hydrogens (primary N) is 1. The van der Waals surface area contributed by atoms with Gasteiger partial charge < -0.3 is 49.4 Å². The Labute approximate surface area is 448 Å². The van der Waals surface area contributed by atoms with Crippen LogP contribution in [0.5, 0.6) is 5.75 Å². The fourth-order valence-corrected chi connectivity index (χ4v) is 12.5. The van der Waals surface area contributed by atoms with E-state index in [1.54, 1.807) is 52.0 Å². The summed E-state index contributed by atoms with van der Waals surface area (Å²) in [6.07, 6.45) is -0.402. The Morgan fingerprint density at radius 1 is 1.03 bits per heavy atom. The van der Waals surface area contributed by atoms with Crippen molar-refractivity contribution in [1.82, 2.24) is 20.0 Å². The molecule has 1 aromatic carbocycles. The Hall–Kier alpha value is -5.24. The van der Waals surface area contributed by atoms with Crippen LogP contribution in [0.4, 0.5) is 10.5 Å². The maximum absolute atomic E-state index is 14.4. The van der Waals surface area contributed by atoms with E-state index in [2.05, 4.69) is 5.32 Å². The maximum Gasteiger partial charge on any atom is 0.409 e. The van der Waals surface area contributed by atoms with Gasteiger partial charge in [-0.1, -0.05) is 42.3 Å². The number of nitrogens with one attached hydrogen (secondary N) is 1. The molecule has 0 saturated carbocycles. The van der Waals surface area contributed by atoms with Crippen LogP contribution in [0.15, 0.2) is 35.9 Å². The molecule has 25 heteroatoms. The second-order valence-electron chi connectivity index (χ2n) is 20.2. The third-order valence-corrected chi connectivity index (χ3v) is 17.7. The van der Waals surface area contributed by atoms with Crippen LogP contribution in [0.3, 0.4) is 0 Å². The van der Waals surface area contributed by atoms with Crippen LogP contribution in [0.2, 0.25) is 5.02 Å². The summed E-state index contributed by atoms with van der Waals surface area (Å²) in [4.78, 5) is 123. The van der Waals surface area contributed by atoms with E-state index in [-0.39, 0.29) is 49.5 Å². The van der Waals surface area contributed by atoms with Gasteiger partial charge in [0, 0.05) is 76.4 Å². The first kappa shape index (κ1) is 59.0. The molecule has 4 fully saturated rings. The number of thioether (sulfide) groups is 2. The number of hydrogen-bond donors (Lipinski definition) is 4. The topological polar surface area (TPSA) is 295 Å². The van der Waals surface area contributed by atoms with E-state index < -0.39 is 129 Å². The summed E-state index contributed by atoms with van der Waals surface area (Å²) >= 11 is 8.85. The lowest BCUT2D eigenvalue weighted by Crippen LogP contribution is -2.63. The van der Waals surface area contributed by atoms with Crippen LogP contribution >= 0.6 is 35.1 Å². The standard InChI is InChI=1S/C50H67ClN6O16S2/c1-25-12-11-13-34(70-10)50(68)24-31(71-47(67)53-50)26(2)42-49(6,73-42)35(23-37(59)55(8)29-19-28(18-25)20-30(69-9)40(29)51)72-46(66)27(3)54(7)36(58)14-17-74-32-21-38(60)56(43(32)62)15-16-57-39(61)22-33(44(57)63)75-48(4,5)41(52)45(64)65/h11-13,19-20,26-27,31-35,41-42,68H,14-18,21-24,52H2,1-10H3,(H,53,67)(H,64,65)/b13-11+,25-12+/t26-,27+,31+,32?,33?,34-,35+,41?,42+,49+,50+/m1/s1. The molecule has 5 aliphatic heterocycles. The number of hydrogen-bond acceptors (Lipinski definition) is 18. The molecule has 5 N–H and O–H groups in total. The summed E-state index contributed by atoms with van der Waals surface area (Å²) in [5, 5.41) is 22.1. The minimum Gasteiger partial charge on any atom is -0.495 e. The number of benzene rings is 1. The zero-order valence-electron chi connectivity index (χ0n) is 43.6. The molecule has 6 rings (SSSR count). The number of likely N-dealkylation sites (N-methyl/N-ethyl adjacent to an activating group) is 1. The number of carbonyl (C=O) groups is 9. The van der Waals surface area contributed by atoms with Crippen LogP contribution in [-0.4, -0.2) is 189 Å². The number of amides is 7. The number of aliphatic carboxylic acids is 1. The minimum atomic E-state index is -1.90. The van der Waals surface area contributed by atoms with Gasteiger partial charge in [0.2, 0.25) is 35.4 Å². The average Bonchev–Trinajstić information content (AvgIpc) is 3.88. The smallest absolute Gasteiger partial charge is 0.409 e. The van der Waals surface area contributed by atoms with Gasteiger partial charge in [-0.15, -0.1) is 23.5 Å². The molecule has 22 nitrogen and oxygen atoms in total. The van der Waals surface area contributed by atoms with Crippen LogP contribution in [0.25, 0.3) is 0 Å². The van der Waals surface area contributed by atoms with Gasteiger partial charge in [-0.3, -0.25) is 48.7 Å². The highest BCUT2D eigenvalue weighted by atomic mass is 35.5. The van der Waals surface area contributed by atoms with Crippen molar-refractivity contribution in [3.63, 3.8) is 0 Å². The first-order valence-corrected chi connectivity index (χ1v) is 26.7. The SMILES string of the molecule is COc1cc2cc(c1Cl)N(C)C(=O)C[C@H](OC(=O)[C@H](C)N(C)C(=O)CCSC1CC(=O)N(CCN3C(=O)CC(SC(C)(C)C(N)C(=O)O)C3=O)C1=O)[C@]1(C)O[C@H]1[C@H](C)[C@@H]1C[C@@](O)(NC(=O)O1)[C@H](OC)/C=C/C=C(\C)C2. The number of aliphatic hydroxyl groups is 1. The zero-order chi connectivity index (χ0) is 55.6. The first-order valence-electron chi connectivity index (χ1n) is 24.4. The molecule has 11 atom stereocenters. The number of epoxide rings is 1. The molecule has 0 spiro atoms. The number of esters is 1. The maximum atomic E-state index is 14.4. The molecule has 75 heavy (non-hydrogen) atoms. The lowest BCUT2D eigenvalue weighted by Gasteiger charge is -2.42. The number of carboxylic acid groups (broad SMARTS) is 1. The van der Waals surface area contributed by atoms with E-state index in [0.717, 1.165) is 44.5 Å². The van der Waals surface area contributed by atoms with Crippen LogP contribution in [0.1, 0.15) is 79.2 Å². The monoisotopic (exact) mass is 1110 g/mol. The van der Waals surface area contributed by atoms with Crippen LogP contribution < -0.4 is 20.7 Å². The number of fused-ring (bicyclic) bond motifs is 5. The molecular formula is C50H67ClN6O16S2. The fraction of sp³-hybridized carbons (Fsp3) is 0.620. The number of likely N-dealkylation sites (tertiary alicyclic amines) is 2. The van der Waals surface area contributed by atoms with Crippen molar-refractivity contribution in [1.29, 1.82) is 0 Å². The Morgan fingerprint density at radius 3 is 2.27 bits per heavy atom. The number of carbonyl (C=O) groups excluding carboxylic acids is 8. The van der Waals surface area contributed by atoms with Gasteiger partial charge in [0.05, 0.1) is 35.8 Å². The van der Waals surface area contributed by atoms with Gasteiger partial charge in [0.1, 0.15) is 46.8 Å². The predicted octanol–water partition coefficient (Wildman–Crippen LogP) is 2.82. The van der Waals surface area contributed by atoms with Gasteiger partial charge >= 0.3 is 18.0 Å². The quantitative estimate of drug-likeness (QED) is 0.105. The average molecular weight is 1110 g/mol. The largest absolute Gasteiger partial charge is 0.495 e. The second kappa shape index (κ2) is 23.6. The minimum absolute atomic E-state index is 0.0792. The van der Waals surface area contributed by atoms with Crippen molar-refractivity contribution in [2.45, 2.75) is 143 Å².